The van der Waals surface area contributed by atoms with Crippen molar-refractivity contribution in [2.75, 3.05) is 6.61 Å². The van der Waals surface area contributed by atoms with E-state index in [0.717, 1.165) is 25.9 Å². The molecule has 98 valence electrons. The number of nitrogens with zero attached hydrogens (tertiary/aromatic N) is 4. The lowest BCUT2D eigenvalue weighted by Gasteiger charge is -2.22. The molecule has 0 amide bonds. The average Bonchev–Trinajstić information content (AvgIpc) is 2.83. The number of ether oxygens (including phenoxy) is 1. The molecule has 0 N–H and O–H groups in total. The molecule has 0 bridgehead atoms. The van der Waals surface area contributed by atoms with Gasteiger partial charge in [-0.3, -0.25) is 0 Å². The number of hydrogen-bond donors (Lipinski definition) is 0. The van der Waals surface area contributed by atoms with Crippen molar-refractivity contribution in [3.63, 3.8) is 0 Å². The van der Waals surface area contributed by atoms with Gasteiger partial charge in [-0.2, -0.15) is 5.26 Å². The van der Waals surface area contributed by atoms with E-state index in [1.807, 2.05) is 6.07 Å². The summed E-state index contributed by atoms with van der Waals surface area (Å²) in [6.45, 7) is 1.26. The number of halogens is 1. The Kier molecular flexibility index (Phi) is 3.13. The van der Waals surface area contributed by atoms with Crippen LogP contribution in [0.1, 0.15) is 24.8 Å². The molecule has 0 spiro atoms. The van der Waals surface area contributed by atoms with Crippen molar-refractivity contribution in [1.29, 1.82) is 5.26 Å². The Labute approximate surface area is 109 Å². The summed E-state index contributed by atoms with van der Waals surface area (Å²) in [5, 5.41) is 17.1. The van der Waals surface area contributed by atoms with Crippen LogP contribution in [0.25, 0.3) is 11.0 Å². The summed E-state index contributed by atoms with van der Waals surface area (Å²) < 4.78 is 20.8. The van der Waals surface area contributed by atoms with E-state index in [-0.39, 0.29) is 11.7 Å². The summed E-state index contributed by atoms with van der Waals surface area (Å²) in [5.74, 6) is -0.539. The Morgan fingerprint density at radius 3 is 3.11 bits per heavy atom. The number of aromatic nitrogens is 3. The molecule has 1 fully saturated rings. The number of benzene rings is 1. The smallest absolute Gasteiger partial charge is 0.143 e. The molecule has 2 aromatic rings. The molecule has 1 aromatic carbocycles. The van der Waals surface area contributed by atoms with E-state index >= 15 is 0 Å². The van der Waals surface area contributed by atoms with Crippen LogP contribution in [0, 0.1) is 17.1 Å². The zero-order valence-electron chi connectivity index (χ0n) is 10.3. The van der Waals surface area contributed by atoms with Crippen LogP contribution >= 0.6 is 0 Å². The van der Waals surface area contributed by atoms with Crippen LogP contribution in [-0.4, -0.2) is 27.7 Å². The summed E-state index contributed by atoms with van der Waals surface area (Å²) in [5.41, 5.74) is 0.990. The van der Waals surface area contributed by atoms with Gasteiger partial charge >= 0.3 is 0 Å². The molecule has 5 nitrogen and oxygen atoms in total. The summed E-state index contributed by atoms with van der Waals surface area (Å²) >= 11 is 0. The van der Waals surface area contributed by atoms with Crippen LogP contribution in [0.4, 0.5) is 4.39 Å². The molecule has 2 heterocycles. The van der Waals surface area contributed by atoms with Crippen molar-refractivity contribution >= 4 is 11.0 Å². The van der Waals surface area contributed by atoms with Gasteiger partial charge in [0.05, 0.1) is 12.6 Å². The topological polar surface area (TPSA) is 63.7 Å². The number of hydrogen-bond acceptors (Lipinski definition) is 4. The fourth-order valence-electron chi connectivity index (χ4n) is 2.42. The molecule has 1 saturated heterocycles. The third kappa shape index (κ3) is 2.17. The highest BCUT2D eigenvalue weighted by atomic mass is 19.1. The van der Waals surface area contributed by atoms with Crippen molar-refractivity contribution in [3.8, 4) is 6.07 Å². The van der Waals surface area contributed by atoms with Gasteiger partial charge in [-0.05, 0) is 31.4 Å². The lowest BCUT2D eigenvalue weighted by molar-refractivity contribution is 0.00442. The molecule has 1 aliphatic heterocycles. The molecule has 19 heavy (non-hydrogen) atoms. The SMILES string of the molecule is N#Cc1c(F)ccc2nnn(CC3CCCCO3)c12. The first kappa shape index (κ1) is 12.1. The van der Waals surface area contributed by atoms with Crippen molar-refractivity contribution in [2.24, 2.45) is 0 Å². The standard InChI is InChI=1S/C13H13FN4O/c14-11-4-5-12-13(10(11)7-15)18(17-16-12)8-9-3-1-2-6-19-9/h4-5,9H,1-3,6,8H2. The second-order valence-corrected chi connectivity index (χ2v) is 4.66. The van der Waals surface area contributed by atoms with Gasteiger partial charge < -0.3 is 4.74 Å². The Hall–Kier alpha value is -2.00. The molecule has 0 radical (unpaired) electrons. The van der Waals surface area contributed by atoms with Gasteiger partial charge in [-0.1, -0.05) is 5.21 Å². The first-order valence-electron chi connectivity index (χ1n) is 6.33. The normalized spacial score (nSPS) is 19.5. The van der Waals surface area contributed by atoms with E-state index in [4.69, 9.17) is 10.00 Å². The number of nitriles is 1. The van der Waals surface area contributed by atoms with E-state index in [1.165, 1.54) is 12.1 Å². The lowest BCUT2D eigenvalue weighted by Crippen LogP contribution is -2.25. The lowest BCUT2D eigenvalue weighted by atomic mass is 10.1. The zero-order valence-corrected chi connectivity index (χ0v) is 10.3. The molecule has 1 unspecified atom stereocenters. The molecular formula is C13H13FN4O. The molecule has 1 aliphatic rings. The van der Waals surface area contributed by atoms with Gasteiger partial charge in [0.25, 0.3) is 0 Å². The molecule has 1 atom stereocenters. The van der Waals surface area contributed by atoms with Gasteiger partial charge in [-0.25, -0.2) is 9.07 Å². The second-order valence-electron chi connectivity index (χ2n) is 4.66. The summed E-state index contributed by atoms with van der Waals surface area (Å²) in [6.07, 6.45) is 3.22. The van der Waals surface area contributed by atoms with E-state index in [1.54, 1.807) is 4.68 Å². The Morgan fingerprint density at radius 1 is 1.47 bits per heavy atom. The summed E-state index contributed by atoms with van der Waals surface area (Å²) in [7, 11) is 0. The second kappa shape index (κ2) is 4.94. The summed E-state index contributed by atoms with van der Waals surface area (Å²) in [6, 6.07) is 4.67. The Bertz CT molecular complexity index is 640. The fraction of sp³-hybridized carbons (Fsp3) is 0.462. The van der Waals surface area contributed by atoms with Gasteiger partial charge in [0.15, 0.2) is 0 Å². The van der Waals surface area contributed by atoms with E-state index in [2.05, 4.69) is 10.3 Å². The van der Waals surface area contributed by atoms with Crippen LogP contribution < -0.4 is 0 Å². The van der Waals surface area contributed by atoms with Crippen molar-refractivity contribution in [3.05, 3.63) is 23.5 Å². The van der Waals surface area contributed by atoms with Gasteiger partial charge in [0.1, 0.15) is 28.5 Å². The predicted molar refractivity (Wildman–Crippen MR) is 65.8 cm³/mol. The highest BCUT2D eigenvalue weighted by molar-refractivity contribution is 5.81. The summed E-state index contributed by atoms with van der Waals surface area (Å²) in [4.78, 5) is 0. The molecule has 1 aromatic heterocycles. The highest BCUT2D eigenvalue weighted by Crippen LogP contribution is 2.21. The van der Waals surface area contributed by atoms with Gasteiger partial charge in [0, 0.05) is 6.61 Å². The first-order valence-corrected chi connectivity index (χ1v) is 6.33. The van der Waals surface area contributed by atoms with Crippen LogP contribution in [0.5, 0.6) is 0 Å². The molecule has 6 heteroatoms. The number of fused-ring (bicyclic) bond motifs is 1. The van der Waals surface area contributed by atoms with Crippen molar-refractivity contribution < 1.29 is 9.13 Å². The van der Waals surface area contributed by atoms with Gasteiger partial charge in [0.2, 0.25) is 0 Å². The maximum Gasteiger partial charge on any atom is 0.143 e. The van der Waals surface area contributed by atoms with Crippen LogP contribution in [0.3, 0.4) is 0 Å². The minimum absolute atomic E-state index is 0.00157. The minimum atomic E-state index is -0.539. The molecule has 0 saturated carbocycles. The van der Waals surface area contributed by atoms with Crippen molar-refractivity contribution in [1.82, 2.24) is 15.0 Å². The fourth-order valence-corrected chi connectivity index (χ4v) is 2.42. The van der Waals surface area contributed by atoms with E-state index < -0.39 is 5.82 Å². The molecule has 3 rings (SSSR count). The predicted octanol–water partition coefficient (Wildman–Crippen LogP) is 2.01. The minimum Gasteiger partial charge on any atom is -0.376 e. The van der Waals surface area contributed by atoms with Gasteiger partial charge in [-0.15, -0.1) is 5.10 Å². The first-order chi connectivity index (χ1) is 9.29. The monoisotopic (exact) mass is 260 g/mol. The highest BCUT2D eigenvalue weighted by Gasteiger charge is 2.19. The quantitative estimate of drug-likeness (QED) is 0.828. The van der Waals surface area contributed by atoms with Crippen LogP contribution in [0.15, 0.2) is 12.1 Å². The Balaban J connectivity index is 1.99. The maximum atomic E-state index is 13.6. The molecule has 0 aliphatic carbocycles. The van der Waals surface area contributed by atoms with Crippen LogP contribution in [0.2, 0.25) is 0 Å². The number of rotatable bonds is 2. The average molecular weight is 260 g/mol. The van der Waals surface area contributed by atoms with E-state index in [9.17, 15) is 4.39 Å². The van der Waals surface area contributed by atoms with Crippen molar-refractivity contribution in [2.45, 2.75) is 31.9 Å². The third-order valence-corrected chi connectivity index (χ3v) is 3.39. The molecular weight excluding hydrogens is 247 g/mol. The Morgan fingerprint density at radius 2 is 2.37 bits per heavy atom. The van der Waals surface area contributed by atoms with Crippen LogP contribution in [-0.2, 0) is 11.3 Å². The van der Waals surface area contributed by atoms with E-state index in [0.29, 0.717) is 17.6 Å². The maximum absolute atomic E-state index is 13.6. The zero-order chi connectivity index (χ0) is 13.2. The third-order valence-electron chi connectivity index (χ3n) is 3.39. The largest absolute Gasteiger partial charge is 0.376 e.